The molecule has 6 heteroatoms. The van der Waals surface area contributed by atoms with Gasteiger partial charge in [-0.2, -0.15) is 0 Å². The van der Waals surface area contributed by atoms with Gasteiger partial charge in [-0.1, -0.05) is 211 Å². The number of allylic oxidation sites excluding steroid dienone is 8. The van der Waals surface area contributed by atoms with Crippen LogP contribution in [0.3, 0.4) is 0 Å². The van der Waals surface area contributed by atoms with Crippen molar-refractivity contribution in [2.45, 2.75) is 258 Å². The average Bonchev–Trinajstić information content (AvgIpc) is 3.23. The van der Waals surface area contributed by atoms with E-state index in [0.717, 1.165) is 116 Å². The van der Waals surface area contributed by atoms with Crippen LogP contribution >= 0.6 is 0 Å². The van der Waals surface area contributed by atoms with Crippen LogP contribution in [0.25, 0.3) is 0 Å². The van der Waals surface area contributed by atoms with Gasteiger partial charge in [-0.15, -0.1) is 0 Å². The van der Waals surface area contributed by atoms with Gasteiger partial charge in [0.05, 0.1) is 0 Å². The number of unbranched alkanes of at least 4 members (excludes halogenated alkanes) is 26. The minimum absolute atomic E-state index is 0.0814. The van der Waals surface area contributed by atoms with Crippen molar-refractivity contribution < 1.29 is 28.6 Å². The van der Waals surface area contributed by atoms with Crippen LogP contribution in [-0.4, -0.2) is 37.2 Å². The van der Waals surface area contributed by atoms with Crippen LogP contribution in [0, 0.1) is 0 Å². The Balaban J connectivity index is 4.34. The molecule has 0 saturated carbocycles. The molecule has 342 valence electrons. The fourth-order valence-electron chi connectivity index (χ4n) is 7.11. The summed E-state index contributed by atoms with van der Waals surface area (Å²) in [6, 6.07) is 0. The molecule has 0 heterocycles. The average molecular weight is 827 g/mol. The lowest BCUT2D eigenvalue weighted by atomic mass is 10.0. The summed E-state index contributed by atoms with van der Waals surface area (Å²) in [5, 5.41) is 0. The summed E-state index contributed by atoms with van der Waals surface area (Å²) in [5.41, 5.74) is 0. The summed E-state index contributed by atoms with van der Waals surface area (Å²) in [6.45, 7) is 6.41. The molecule has 0 aliphatic heterocycles. The van der Waals surface area contributed by atoms with E-state index in [-0.39, 0.29) is 31.1 Å². The van der Waals surface area contributed by atoms with Crippen molar-refractivity contribution in [3.8, 4) is 0 Å². The summed E-state index contributed by atoms with van der Waals surface area (Å²) in [5.74, 6) is -0.906. The highest BCUT2D eigenvalue weighted by atomic mass is 16.6. The van der Waals surface area contributed by atoms with Crippen molar-refractivity contribution in [1.29, 1.82) is 0 Å². The first kappa shape index (κ1) is 56.4. The van der Waals surface area contributed by atoms with Gasteiger partial charge in [-0.25, -0.2) is 0 Å². The third-order valence-corrected chi connectivity index (χ3v) is 10.8. The standard InChI is InChI=1S/C53H94O6/c1-4-7-10-13-16-19-22-25-26-27-28-29-32-34-37-40-43-46-52(55)58-49-50(59-53(56)47-44-41-38-35-31-24-21-18-15-12-9-6-3)48-57-51(54)45-42-39-36-33-30-23-20-17-14-11-8-5-2/h8-9,11-12,17-18,20-21,50H,4-7,10,13-16,19,22-49H2,1-3H3/b11-8-,12-9-,20-17-,21-18-. The number of hydrogen-bond donors (Lipinski definition) is 0. The molecular weight excluding hydrogens is 733 g/mol. The zero-order chi connectivity index (χ0) is 43.0. The molecule has 0 saturated heterocycles. The maximum absolute atomic E-state index is 12.7. The summed E-state index contributed by atoms with van der Waals surface area (Å²) in [7, 11) is 0. The first-order valence-corrected chi connectivity index (χ1v) is 25.1. The smallest absolute Gasteiger partial charge is 0.306 e. The van der Waals surface area contributed by atoms with Gasteiger partial charge >= 0.3 is 17.9 Å². The third kappa shape index (κ3) is 46.3. The van der Waals surface area contributed by atoms with Crippen LogP contribution in [0.15, 0.2) is 48.6 Å². The number of rotatable bonds is 45. The zero-order valence-corrected chi connectivity index (χ0v) is 39.0. The van der Waals surface area contributed by atoms with Crippen LogP contribution in [0.5, 0.6) is 0 Å². The van der Waals surface area contributed by atoms with Crippen LogP contribution in [0.2, 0.25) is 0 Å². The van der Waals surface area contributed by atoms with E-state index in [2.05, 4.69) is 69.4 Å². The minimum atomic E-state index is -0.782. The quantitative estimate of drug-likeness (QED) is 0.0263. The normalized spacial score (nSPS) is 12.4. The second kappa shape index (κ2) is 48.0. The molecule has 0 spiro atoms. The first-order chi connectivity index (χ1) is 29.0. The third-order valence-electron chi connectivity index (χ3n) is 10.8. The molecular formula is C53H94O6. The van der Waals surface area contributed by atoms with Crippen molar-refractivity contribution in [2.24, 2.45) is 0 Å². The molecule has 0 aromatic heterocycles. The molecule has 0 aromatic carbocycles. The van der Waals surface area contributed by atoms with E-state index >= 15 is 0 Å². The van der Waals surface area contributed by atoms with E-state index in [4.69, 9.17) is 14.2 Å². The molecule has 6 nitrogen and oxygen atoms in total. The van der Waals surface area contributed by atoms with Crippen molar-refractivity contribution in [3.05, 3.63) is 48.6 Å². The van der Waals surface area contributed by atoms with E-state index in [1.54, 1.807) is 0 Å². The molecule has 0 radical (unpaired) electrons. The SMILES string of the molecule is CC/C=C\C/C=C\CCCCCCCC(=O)OCC(COC(=O)CCCCCCCCCCCCCCCCCCC)OC(=O)CCCCCCC/C=C\C/C=C\CC. The predicted molar refractivity (Wildman–Crippen MR) is 252 cm³/mol. The van der Waals surface area contributed by atoms with Gasteiger partial charge in [-0.3, -0.25) is 14.4 Å². The van der Waals surface area contributed by atoms with Crippen LogP contribution in [0.4, 0.5) is 0 Å². The lowest BCUT2D eigenvalue weighted by molar-refractivity contribution is -0.167. The number of carbonyl (C=O) groups excluding carboxylic acids is 3. The van der Waals surface area contributed by atoms with E-state index < -0.39 is 6.10 Å². The maximum atomic E-state index is 12.7. The van der Waals surface area contributed by atoms with E-state index in [9.17, 15) is 14.4 Å². The molecule has 0 rings (SSSR count). The van der Waals surface area contributed by atoms with E-state index in [1.165, 1.54) is 96.3 Å². The maximum Gasteiger partial charge on any atom is 0.306 e. The highest BCUT2D eigenvalue weighted by molar-refractivity contribution is 5.71. The molecule has 0 amide bonds. The Labute approximate surface area is 365 Å². The van der Waals surface area contributed by atoms with Gasteiger partial charge in [0, 0.05) is 19.3 Å². The van der Waals surface area contributed by atoms with E-state index in [1.807, 2.05) is 0 Å². The van der Waals surface area contributed by atoms with Gasteiger partial charge < -0.3 is 14.2 Å². The molecule has 59 heavy (non-hydrogen) atoms. The largest absolute Gasteiger partial charge is 0.462 e. The summed E-state index contributed by atoms with van der Waals surface area (Å²) in [6.07, 6.45) is 56.7. The van der Waals surface area contributed by atoms with Crippen molar-refractivity contribution in [2.75, 3.05) is 13.2 Å². The fourth-order valence-corrected chi connectivity index (χ4v) is 7.11. The van der Waals surface area contributed by atoms with Crippen LogP contribution < -0.4 is 0 Å². The fraction of sp³-hybridized carbons (Fsp3) is 0.792. The number of esters is 3. The minimum Gasteiger partial charge on any atom is -0.462 e. The van der Waals surface area contributed by atoms with Crippen LogP contribution in [-0.2, 0) is 28.6 Å². The van der Waals surface area contributed by atoms with Crippen molar-refractivity contribution in [1.82, 2.24) is 0 Å². The zero-order valence-electron chi connectivity index (χ0n) is 39.0. The highest BCUT2D eigenvalue weighted by Crippen LogP contribution is 2.16. The Morgan fingerprint density at radius 2 is 0.661 bits per heavy atom. The second-order valence-electron chi connectivity index (χ2n) is 16.7. The Bertz CT molecular complexity index is 1040. The van der Waals surface area contributed by atoms with Gasteiger partial charge in [0.25, 0.3) is 0 Å². The molecule has 0 bridgehead atoms. The van der Waals surface area contributed by atoms with Gasteiger partial charge in [0.15, 0.2) is 6.10 Å². The monoisotopic (exact) mass is 827 g/mol. The van der Waals surface area contributed by atoms with E-state index in [0.29, 0.717) is 19.3 Å². The Morgan fingerprint density at radius 3 is 1.02 bits per heavy atom. The summed E-state index contributed by atoms with van der Waals surface area (Å²) < 4.78 is 16.7. The van der Waals surface area contributed by atoms with Gasteiger partial charge in [0.1, 0.15) is 13.2 Å². The molecule has 0 aromatic rings. The topological polar surface area (TPSA) is 78.9 Å². The van der Waals surface area contributed by atoms with Crippen molar-refractivity contribution in [3.63, 3.8) is 0 Å². The lowest BCUT2D eigenvalue weighted by Crippen LogP contribution is -2.30. The molecule has 1 atom stereocenters. The van der Waals surface area contributed by atoms with Crippen LogP contribution in [0.1, 0.15) is 252 Å². The molecule has 0 N–H and O–H groups in total. The number of hydrogen-bond acceptors (Lipinski definition) is 6. The highest BCUT2D eigenvalue weighted by Gasteiger charge is 2.19. The second-order valence-corrected chi connectivity index (χ2v) is 16.7. The molecule has 0 fully saturated rings. The van der Waals surface area contributed by atoms with Gasteiger partial charge in [0.2, 0.25) is 0 Å². The van der Waals surface area contributed by atoms with Gasteiger partial charge in [-0.05, 0) is 70.6 Å². The summed E-state index contributed by atoms with van der Waals surface area (Å²) in [4.78, 5) is 37.9. The Hall–Kier alpha value is -2.63. The predicted octanol–water partition coefficient (Wildman–Crippen LogP) is 16.3. The Morgan fingerprint density at radius 1 is 0.356 bits per heavy atom. The number of carbonyl (C=O) groups is 3. The number of ether oxygens (including phenoxy) is 3. The Kier molecular flexibility index (Phi) is 45.9. The molecule has 1 unspecified atom stereocenters. The molecule has 0 aliphatic rings. The summed E-state index contributed by atoms with van der Waals surface area (Å²) >= 11 is 0. The van der Waals surface area contributed by atoms with Crippen molar-refractivity contribution >= 4 is 17.9 Å². The lowest BCUT2D eigenvalue weighted by Gasteiger charge is -2.18. The first-order valence-electron chi connectivity index (χ1n) is 25.1. The molecule has 0 aliphatic carbocycles.